The molecular formula is C20H15F2NO3S. The van der Waals surface area contributed by atoms with Crippen molar-refractivity contribution < 1.29 is 23.1 Å². The van der Waals surface area contributed by atoms with Crippen molar-refractivity contribution in [3.05, 3.63) is 93.7 Å². The number of thiophene rings is 1. The molecule has 1 aromatic heterocycles. The summed E-state index contributed by atoms with van der Waals surface area (Å²) in [6.45, 7) is -0.559. The van der Waals surface area contributed by atoms with Gasteiger partial charge in [-0.1, -0.05) is 30.3 Å². The van der Waals surface area contributed by atoms with E-state index in [1.165, 1.54) is 41.7 Å². The van der Waals surface area contributed by atoms with Crippen LogP contribution in [0.3, 0.4) is 0 Å². The lowest BCUT2D eigenvalue weighted by molar-refractivity contribution is -0.124. The Morgan fingerprint density at radius 2 is 1.74 bits per heavy atom. The fraction of sp³-hybridized carbons (Fsp3) is 0.100. The van der Waals surface area contributed by atoms with E-state index in [9.17, 15) is 18.4 Å². The first-order valence-electron chi connectivity index (χ1n) is 8.04. The number of carbonyl (C=O) groups excluding carboxylic acids is 2. The zero-order valence-electron chi connectivity index (χ0n) is 14.0. The van der Waals surface area contributed by atoms with E-state index in [1.54, 1.807) is 12.1 Å². The van der Waals surface area contributed by atoms with E-state index < -0.39 is 30.3 Å². The number of ether oxygens (including phenoxy) is 1. The molecule has 0 radical (unpaired) electrons. The van der Waals surface area contributed by atoms with Gasteiger partial charge < -0.3 is 10.1 Å². The van der Waals surface area contributed by atoms with Crippen LogP contribution in [0.4, 0.5) is 8.78 Å². The number of esters is 1. The van der Waals surface area contributed by atoms with Crippen LogP contribution < -0.4 is 5.32 Å². The van der Waals surface area contributed by atoms with Crippen LogP contribution in [-0.4, -0.2) is 18.5 Å². The molecule has 1 N–H and O–H groups in total. The van der Waals surface area contributed by atoms with Crippen LogP contribution in [0.1, 0.15) is 26.8 Å². The maximum absolute atomic E-state index is 13.6. The second-order valence-corrected chi connectivity index (χ2v) is 6.60. The van der Waals surface area contributed by atoms with E-state index in [2.05, 4.69) is 5.32 Å². The summed E-state index contributed by atoms with van der Waals surface area (Å²) in [6.07, 6.45) is 0. The first-order valence-corrected chi connectivity index (χ1v) is 8.92. The molecule has 3 aromatic rings. The van der Waals surface area contributed by atoms with Crippen molar-refractivity contribution in [3.8, 4) is 0 Å². The summed E-state index contributed by atoms with van der Waals surface area (Å²) in [5.41, 5.74) is 0.450. The van der Waals surface area contributed by atoms with Crippen LogP contribution in [0.15, 0.2) is 66.0 Å². The molecule has 0 aliphatic heterocycles. The molecule has 1 heterocycles. The Balaban J connectivity index is 1.67. The number of hydrogen-bond acceptors (Lipinski definition) is 4. The number of halogens is 2. The maximum Gasteiger partial charge on any atom is 0.341 e. The van der Waals surface area contributed by atoms with Gasteiger partial charge in [-0.25, -0.2) is 13.6 Å². The first-order chi connectivity index (χ1) is 13.0. The molecule has 0 fully saturated rings. The van der Waals surface area contributed by atoms with Crippen molar-refractivity contribution in [3.63, 3.8) is 0 Å². The number of nitrogens with one attached hydrogen (secondary N) is 1. The maximum atomic E-state index is 13.6. The number of rotatable bonds is 6. The van der Waals surface area contributed by atoms with Gasteiger partial charge in [0, 0.05) is 4.88 Å². The number of benzene rings is 2. The SMILES string of the molecule is O=C(COC(=O)c1ccccc1F)N[C@@H](c1ccc(F)cc1)c1cccs1. The highest BCUT2D eigenvalue weighted by Gasteiger charge is 2.20. The molecule has 0 spiro atoms. The zero-order chi connectivity index (χ0) is 19.2. The van der Waals surface area contributed by atoms with Crippen molar-refractivity contribution in [2.45, 2.75) is 6.04 Å². The van der Waals surface area contributed by atoms with Gasteiger partial charge in [-0.3, -0.25) is 4.79 Å². The Morgan fingerprint density at radius 3 is 2.41 bits per heavy atom. The lowest BCUT2D eigenvalue weighted by Crippen LogP contribution is -2.32. The Hall–Kier alpha value is -3.06. The van der Waals surface area contributed by atoms with E-state index >= 15 is 0 Å². The number of carbonyl (C=O) groups is 2. The molecule has 2 aromatic carbocycles. The molecular weight excluding hydrogens is 372 g/mol. The molecule has 0 aliphatic carbocycles. The van der Waals surface area contributed by atoms with Crippen molar-refractivity contribution in [1.29, 1.82) is 0 Å². The minimum atomic E-state index is -0.919. The zero-order valence-corrected chi connectivity index (χ0v) is 14.8. The minimum absolute atomic E-state index is 0.237. The normalized spacial score (nSPS) is 11.6. The van der Waals surface area contributed by atoms with Crippen molar-refractivity contribution in [1.82, 2.24) is 5.32 Å². The topological polar surface area (TPSA) is 55.4 Å². The fourth-order valence-corrected chi connectivity index (χ4v) is 3.27. The Bertz CT molecular complexity index is 927. The van der Waals surface area contributed by atoms with E-state index in [-0.39, 0.29) is 11.4 Å². The average Bonchev–Trinajstić information content (AvgIpc) is 3.20. The molecule has 1 amide bonds. The number of hydrogen-bond donors (Lipinski definition) is 1. The van der Waals surface area contributed by atoms with Gasteiger partial charge in [-0.2, -0.15) is 0 Å². The van der Waals surface area contributed by atoms with Crippen LogP contribution in [0.25, 0.3) is 0 Å². The predicted octanol–water partition coefficient (Wildman–Crippen LogP) is 4.09. The van der Waals surface area contributed by atoms with Gasteiger partial charge in [0.2, 0.25) is 0 Å². The third-order valence-electron chi connectivity index (χ3n) is 3.76. The van der Waals surface area contributed by atoms with Crippen molar-refractivity contribution in [2.24, 2.45) is 0 Å². The quantitative estimate of drug-likeness (QED) is 0.648. The first kappa shape index (κ1) is 18.7. The largest absolute Gasteiger partial charge is 0.452 e. The standard InChI is InChI=1S/C20H15F2NO3S/c21-14-9-7-13(8-10-14)19(17-6-3-11-27-17)23-18(24)12-26-20(25)15-4-1-2-5-16(15)22/h1-11,19H,12H2,(H,23,24)/t19-/m0/s1. The molecule has 0 aliphatic rings. The van der Waals surface area contributed by atoms with Gasteiger partial charge in [0.25, 0.3) is 5.91 Å². The lowest BCUT2D eigenvalue weighted by atomic mass is 10.1. The van der Waals surface area contributed by atoms with Gasteiger partial charge in [0.1, 0.15) is 11.6 Å². The second-order valence-electron chi connectivity index (χ2n) is 5.62. The van der Waals surface area contributed by atoms with Gasteiger partial charge in [0.15, 0.2) is 6.61 Å². The smallest absolute Gasteiger partial charge is 0.341 e. The summed E-state index contributed by atoms with van der Waals surface area (Å²) in [7, 11) is 0. The average molecular weight is 387 g/mol. The molecule has 3 rings (SSSR count). The summed E-state index contributed by atoms with van der Waals surface area (Å²) in [4.78, 5) is 25.0. The molecule has 7 heteroatoms. The molecule has 0 unspecified atom stereocenters. The molecule has 0 saturated heterocycles. The summed E-state index contributed by atoms with van der Waals surface area (Å²) < 4.78 is 31.7. The Morgan fingerprint density at radius 1 is 1.00 bits per heavy atom. The predicted molar refractivity (Wildman–Crippen MR) is 97.4 cm³/mol. The van der Waals surface area contributed by atoms with E-state index in [1.807, 2.05) is 17.5 Å². The monoisotopic (exact) mass is 387 g/mol. The van der Waals surface area contributed by atoms with E-state index in [4.69, 9.17) is 4.74 Å². The van der Waals surface area contributed by atoms with Crippen molar-refractivity contribution in [2.75, 3.05) is 6.61 Å². The molecule has 138 valence electrons. The Labute approximate surface area is 158 Å². The minimum Gasteiger partial charge on any atom is -0.452 e. The van der Waals surface area contributed by atoms with Crippen LogP contribution >= 0.6 is 11.3 Å². The second kappa shape index (κ2) is 8.55. The summed E-state index contributed by atoms with van der Waals surface area (Å²) in [6, 6.07) is 14.3. The highest BCUT2D eigenvalue weighted by molar-refractivity contribution is 7.10. The summed E-state index contributed by atoms with van der Waals surface area (Å²) in [5, 5.41) is 4.61. The summed E-state index contributed by atoms with van der Waals surface area (Å²) in [5.74, 6) is -2.57. The third kappa shape index (κ3) is 4.77. The molecule has 1 atom stereocenters. The van der Waals surface area contributed by atoms with E-state index in [0.717, 1.165) is 10.9 Å². The van der Waals surface area contributed by atoms with Crippen LogP contribution in [0.5, 0.6) is 0 Å². The number of amides is 1. The van der Waals surface area contributed by atoms with Crippen LogP contribution in [0, 0.1) is 11.6 Å². The third-order valence-corrected chi connectivity index (χ3v) is 4.70. The summed E-state index contributed by atoms with van der Waals surface area (Å²) >= 11 is 1.43. The van der Waals surface area contributed by atoms with Gasteiger partial charge in [-0.05, 0) is 41.3 Å². The van der Waals surface area contributed by atoms with Gasteiger partial charge >= 0.3 is 5.97 Å². The van der Waals surface area contributed by atoms with Crippen LogP contribution in [0.2, 0.25) is 0 Å². The molecule has 4 nitrogen and oxygen atoms in total. The Kier molecular flexibility index (Phi) is 5.93. The highest BCUT2D eigenvalue weighted by atomic mass is 32.1. The van der Waals surface area contributed by atoms with E-state index in [0.29, 0.717) is 5.56 Å². The van der Waals surface area contributed by atoms with Gasteiger partial charge in [0.05, 0.1) is 11.6 Å². The molecule has 27 heavy (non-hydrogen) atoms. The highest BCUT2D eigenvalue weighted by Crippen LogP contribution is 2.26. The molecule has 0 saturated carbocycles. The van der Waals surface area contributed by atoms with Gasteiger partial charge in [-0.15, -0.1) is 11.3 Å². The lowest BCUT2D eigenvalue weighted by Gasteiger charge is -2.18. The molecule has 0 bridgehead atoms. The van der Waals surface area contributed by atoms with Crippen molar-refractivity contribution >= 4 is 23.2 Å². The fourth-order valence-electron chi connectivity index (χ4n) is 2.47. The van der Waals surface area contributed by atoms with Crippen LogP contribution in [-0.2, 0) is 9.53 Å².